The van der Waals surface area contributed by atoms with Gasteiger partial charge < -0.3 is 0 Å². The van der Waals surface area contributed by atoms with Crippen LogP contribution in [-0.2, 0) is 16.4 Å². The summed E-state index contributed by atoms with van der Waals surface area (Å²) in [6.45, 7) is 2.69. The van der Waals surface area contributed by atoms with E-state index >= 15 is 0 Å². The maximum absolute atomic E-state index is 13.4. The lowest BCUT2D eigenvalue weighted by Crippen LogP contribution is -2.57. The third-order valence-corrected chi connectivity index (χ3v) is 8.94. The van der Waals surface area contributed by atoms with Crippen LogP contribution in [0.25, 0.3) is 0 Å². The standard InChI is InChI=1S/C22H25ClN2O2S/c23-18-7-9-19(10-8-18)28(26,27)25-12-3-5-17-15-24-13-11-16-4-1-2-6-20(16)22(24)14-21(17)25/h1-2,4,6-10,17,21-22H,3,5,11-15H2/t17-,21+,22-/m1/s1. The summed E-state index contributed by atoms with van der Waals surface area (Å²) in [7, 11) is -3.51. The van der Waals surface area contributed by atoms with Gasteiger partial charge in [0, 0.05) is 36.7 Å². The van der Waals surface area contributed by atoms with E-state index in [-0.39, 0.29) is 6.04 Å². The Labute approximate surface area is 172 Å². The summed E-state index contributed by atoms with van der Waals surface area (Å²) < 4.78 is 28.6. The van der Waals surface area contributed by atoms with E-state index in [2.05, 4.69) is 29.2 Å². The number of sulfonamides is 1. The summed E-state index contributed by atoms with van der Waals surface area (Å²) >= 11 is 5.97. The minimum atomic E-state index is -3.51. The average Bonchev–Trinajstić information content (AvgIpc) is 2.72. The molecule has 2 saturated heterocycles. The molecule has 4 nitrogen and oxygen atoms in total. The van der Waals surface area contributed by atoms with Crippen LogP contribution in [0.2, 0.25) is 5.02 Å². The van der Waals surface area contributed by atoms with Gasteiger partial charge in [-0.15, -0.1) is 0 Å². The first-order valence-corrected chi connectivity index (χ1v) is 11.9. The number of piperidine rings is 2. The van der Waals surface area contributed by atoms with Gasteiger partial charge in [0.05, 0.1) is 4.90 Å². The zero-order chi connectivity index (χ0) is 19.3. The van der Waals surface area contributed by atoms with Crippen LogP contribution in [0.15, 0.2) is 53.4 Å². The lowest BCUT2D eigenvalue weighted by atomic mass is 9.77. The number of halogens is 1. The maximum Gasteiger partial charge on any atom is 0.243 e. The van der Waals surface area contributed by atoms with Gasteiger partial charge in [-0.05, 0) is 67.0 Å². The fourth-order valence-corrected chi connectivity index (χ4v) is 7.26. The molecule has 0 spiro atoms. The fourth-order valence-electron chi connectivity index (χ4n) is 5.39. The highest BCUT2D eigenvalue weighted by Crippen LogP contribution is 2.44. The van der Waals surface area contributed by atoms with Crippen molar-refractivity contribution in [1.29, 1.82) is 0 Å². The Morgan fingerprint density at radius 1 is 1.00 bits per heavy atom. The first-order valence-electron chi connectivity index (χ1n) is 10.1. The van der Waals surface area contributed by atoms with Crippen molar-refractivity contribution in [3.63, 3.8) is 0 Å². The SMILES string of the molecule is O=S(=O)(c1ccc(Cl)cc1)N1CCC[C@@H]2CN3CCc4ccccc4[C@H]3C[C@@H]21. The summed E-state index contributed by atoms with van der Waals surface area (Å²) in [5.74, 6) is 0.414. The Hall–Kier alpha value is -1.40. The van der Waals surface area contributed by atoms with Crippen molar-refractivity contribution in [2.24, 2.45) is 5.92 Å². The van der Waals surface area contributed by atoms with E-state index in [4.69, 9.17) is 11.6 Å². The highest BCUT2D eigenvalue weighted by Gasteiger charge is 2.46. The molecule has 6 heteroatoms. The summed E-state index contributed by atoms with van der Waals surface area (Å²) in [4.78, 5) is 2.94. The molecule has 0 saturated carbocycles. The third-order valence-electron chi connectivity index (χ3n) is 6.74. The monoisotopic (exact) mass is 416 g/mol. The number of benzene rings is 2. The second kappa shape index (κ2) is 7.13. The van der Waals surface area contributed by atoms with Crippen molar-refractivity contribution < 1.29 is 8.42 Å². The average molecular weight is 417 g/mol. The molecule has 2 aromatic carbocycles. The molecule has 148 valence electrons. The number of hydrogen-bond donors (Lipinski definition) is 0. The molecule has 0 aromatic heterocycles. The number of hydrogen-bond acceptors (Lipinski definition) is 3. The Bertz CT molecular complexity index is 976. The molecule has 2 aromatic rings. The molecule has 0 amide bonds. The quantitative estimate of drug-likeness (QED) is 0.739. The van der Waals surface area contributed by atoms with Gasteiger partial charge >= 0.3 is 0 Å². The van der Waals surface area contributed by atoms with Gasteiger partial charge in [-0.2, -0.15) is 4.31 Å². The van der Waals surface area contributed by atoms with E-state index in [1.54, 1.807) is 28.6 Å². The van der Waals surface area contributed by atoms with Gasteiger partial charge in [-0.3, -0.25) is 4.90 Å². The first kappa shape index (κ1) is 18.6. The molecular formula is C22H25ClN2O2S. The first-order chi connectivity index (χ1) is 13.5. The summed E-state index contributed by atoms with van der Waals surface area (Å²) in [6, 6.07) is 15.7. The van der Waals surface area contributed by atoms with Gasteiger partial charge in [0.1, 0.15) is 0 Å². The summed E-state index contributed by atoms with van der Waals surface area (Å²) in [5, 5.41) is 0.558. The molecule has 3 aliphatic heterocycles. The van der Waals surface area contributed by atoms with Gasteiger partial charge in [0.15, 0.2) is 0 Å². The van der Waals surface area contributed by atoms with Crippen LogP contribution in [0.5, 0.6) is 0 Å². The highest BCUT2D eigenvalue weighted by molar-refractivity contribution is 7.89. The normalized spacial score (nSPS) is 28.2. The summed E-state index contributed by atoms with van der Waals surface area (Å²) in [5.41, 5.74) is 2.81. The van der Waals surface area contributed by atoms with E-state index in [0.717, 1.165) is 38.8 Å². The van der Waals surface area contributed by atoms with Crippen molar-refractivity contribution >= 4 is 21.6 Å². The van der Waals surface area contributed by atoms with Crippen LogP contribution < -0.4 is 0 Å². The molecule has 0 N–H and O–H groups in total. The molecule has 3 heterocycles. The lowest BCUT2D eigenvalue weighted by Gasteiger charge is -2.51. The highest BCUT2D eigenvalue weighted by atomic mass is 35.5. The van der Waals surface area contributed by atoms with Crippen molar-refractivity contribution in [2.75, 3.05) is 19.6 Å². The molecule has 0 radical (unpaired) electrons. The second-order valence-electron chi connectivity index (χ2n) is 8.23. The van der Waals surface area contributed by atoms with Crippen LogP contribution in [0, 0.1) is 5.92 Å². The van der Waals surface area contributed by atoms with Crippen molar-refractivity contribution in [3.8, 4) is 0 Å². The van der Waals surface area contributed by atoms with Gasteiger partial charge in [-0.1, -0.05) is 35.9 Å². The summed E-state index contributed by atoms with van der Waals surface area (Å²) in [6.07, 6.45) is 4.02. The molecule has 3 aliphatic rings. The van der Waals surface area contributed by atoms with Crippen LogP contribution >= 0.6 is 11.6 Å². The predicted octanol–water partition coefficient (Wildman–Crippen LogP) is 4.11. The number of rotatable bonds is 2. The van der Waals surface area contributed by atoms with E-state index in [1.807, 2.05) is 0 Å². The Kier molecular flexibility index (Phi) is 4.74. The van der Waals surface area contributed by atoms with E-state index in [1.165, 1.54) is 11.1 Å². The van der Waals surface area contributed by atoms with Gasteiger partial charge in [0.25, 0.3) is 0 Å². The maximum atomic E-state index is 13.4. The zero-order valence-electron chi connectivity index (χ0n) is 15.8. The Morgan fingerprint density at radius 2 is 1.79 bits per heavy atom. The third kappa shape index (κ3) is 3.09. The van der Waals surface area contributed by atoms with Crippen LogP contribution in [0.3, 0.4) is 0 Å². The van der Waals surface area contributed by atoms with Gasteiger partial charge in [0.2, 0.25) is 10.0 Å². The Balaban J connectivity index is 1.48. The molecule has 28 heavy (non-hydrogen) atoms. The molecule has 0 bridgehead atoms. The van der Waals surface area contributed by atoms with Crippen molar-refractivity contribution in [3.05, 3.63) is 64.7 Å². The Morgan fingerprint density at radius 3 is 2.61 bits per heavy atom. The molecule has 3 atom stereocenters. The zero-order valence-corrected chi connectivity index (χ0v) is 17.4. The fraction of sp³-hybridized carbons (Fsp3) is 0.455. The molecule has 5 rings (SSSR count). The topological polar surface area (TPSA) is 40.6 Å². The smallest absolute Gasteiger partial charge is 0.243 e. The van der Waals surface area contributed by atoms with Crippen molar-refractivity contribution in [2.45, 2.75) is 42.7 Å². The van der Waals surface area contributed by atoms with Crippen molar-refractivity contribution in [1.82, 2.24) is 9.21 Å². The largest absolute Gasteiger partial charge is 0.296 e. The van der Waals surface area contributed by atoms with Crippen LogP contribution in [0.4, 0.5) is 0 Å². The molecule has 0 unspecified atom stereocenters. The van der Waals surface area contributed by atoms with E-state index in [0.29, 0.717) is 28.4 Å². The lowest BCUT2D eigenvalue weighted by molar-refractivity contribution is 0.0220. The molecular weight excluding hydrogens is 392 g/mol. The molecule has 2 fully saturated rings. The minimum Gasteiger partial charge on any atom is -0.296 e. The van der Waals surface area contributed by atoms with Gasteiger partial charge in [-0.25, -0.2) is 8.42 Å². The number of fused-ring (bicyclic) bond motifs is 4. The molecule has 0 aliphatic carbocycles. The van der Waals surface area contributed by atoms with E-state index in [9.17, 15) is 8.42 Å². The van der Waals surface area contributed by atoms with E-state index < -0.39 is 10.0 Å². The van der Waals surface area contributed by atoms with Crippen LogP contribution in [0.1, 0.15) is 36.4 Å². The number of nitrogens with zero attached hydrogens (tertiary/aromatic N) is 2. The predicted molar refractivity (Wildman–Crippen MR) is 111 cm³/mol. The second-order valence-corrected chi connectivity index (χ2v) is 10.6. The minimum absolute atomic E-state index is 0.0711. The van der Waals surface area contributed by atoms with Crippen LogP contribution in [-0.4, -0.2) is 43.3 Å².